The molecule has 2 saturated heterocycles. The average Bonchev–Trinajstić information content (AvgIpc) is 2.46. The van der Waals surface area contributed by atoms with Crippen LogP contribution in [-0.4, -0.2) is 35.0 Å². The maximum absolute atomic E-state index is 9.97. The summed E-state index contributed by atoms with van der Waals surface area (Å²) in [6.07, 6.45) is 0.223. The molecule has 1 unspecified atom stereocenters. The number of rotatable bonds is 1. The van der Waals surface area contributed by atoms with Crippen LogP contribution in [0.3, 0.4) is 0 Å². The minimum atomic E-state index is -1.22. The monoisotopic (exact) mass is 202 g/mol. The van der Waals surface area contributed by atoms with E-state index in [-0.39, 0.29) is 18.3 Å². The Bertz CT molecular complexity index is 236. The lowest BCUT2D eigenvalue weighted by Crippen LogP contribution is -2.40. The second-order valence-corrected chi connectivity index (χ2v) is 4.64. The highest BCUT2D eigenvalue weighted by molar-refractivity contribution is 4.99. The average molecular weight is 202 g/mol. The Morgan fingerprint density at radius 3 is 2.36 bits per heavy atom. The molecule has 0 aliphatic carbocycles. The third-order valence-electron chi connectivity index (χ3n) is 2.82. The van der Waals surface area contributed by atoms with E-state index in [9.17, 15) is 5.11 Å². The van der Waals surface area contributed by atoms with Gasteiger partial charge in [0, 0.05) is 0 Å². The van der Waals surface area contributed by atoms with Crippen LogP contribution in [0.2, 0.25) is 0 Å². The molecule has 82 valence electrons. The van der Waals surface area contributed by atoms with E-state index in [1.54, 1.807) is 6.92 Å². The number of fused-ring (bicyclic) bond motifs is 1. The topological polar surface area (TPSA) is 47.9 Å². The fraction of sp³-hybridized carbons (Fsp3) is 1.00. The molecule has 4 atom stereocenters. The third kappa shape index (κ3) is 1.46. The van der Waals surface area contributed by atoms with Crippen molar-refractivity contribution in [2.24, 2.45) is 0 Å². The van der Waals surface area contributed by atoms with Crippen LogP contribution in [0.4, 0.5) is 0 Å². The molecule has 2 fully saturated rings. The SMILES string of the molecule is CC[C@H]1OC(C)(O)[C@@H]2OC(C)(C)O[C@@H]21. The molecule has 2 aliphatic rings. The van der Waals surface area contributed by atoms with Gasteiger partial charge in [-0.25, -0.2) is 0 Å². The van der Waals surface area contributed by atoms with Gasteiger partial charge in [-0.3, -0.25) is 0 Å². The van der Waals surface area contributed by atoms with Crippen molar-refractivity contribution >= 4 is 0 Å². The van der Waals surface area contributed by atoms with Crippen molar-refractivity contribution in [2.45, 2.75) is 64.0 Å². The zero-order valence-electron chi connectivity index (χ0n) is 9.11. The van der Waals surface area contributed by atoms with Crippen LogP contribution in [0.25, 0.3) is 0 Å². The van der Waals surface area contributed by atoms with Crippen molar-refractivity contribution in [3.05, 3.63) is 0 Å². The van der Waals surface area contributed by atoms with Gasteiger partial charge >= 0.3 is 0 Å². The zero-order chi connectivity index (χ0) is 10.6. The first-order valence-electron chi connectivity index (χ1n) is 5.11. The predicted molar refractivity (Wildman–Crippen MR) is 49.6 cm³/mol. The normalized spacial score (nSPS) is 50.8. The summed E-state index contributed by atoms with van der Waals surface area (Å²) in [6.45, 7) is 7.35. The molecule has 2 aliphatic heterocycles. The summed E-state index contributed by atoms with van der Waals surface area (Å²) in [4.78, 5) is 0. The van der Waals surface area contributed by atoms with Crippen molar-refractivity contribution in [1.82, 2.24) is 0 Å². The van der Waals surface area contributed by atoms with Gasteiger partial charge in [0.05, 0.1) is 6.10 Å². The first-order valence-corrected chi connectivity index (χ1v) is 5.11. The first kappa shape index (κ1) is 10.4. The molecule has 0 spiro atoms. The maximum atomic E-state index is 9.97. The van der Waals surface area contributed by atoms with Crippen LogP contribution in [-0.2, 0) is 14.2 Å². The van der Waals surface area contributed by atoms with E-state index in [1.807, 2.05) is 20.8 Å². The Hall–Kier alpha value is -0.160. The van der Waals surface area contributed by atoms with Crippen molar-refractivity contribution in [1.29, 1.82) is 0 Å². The van der Waals surface area contributed by atoms with Gasteiger partial charge in [0.2, 0.25) is 0 Å². The third-order valence-corrected chi connectivity index (χ3v) is 2.82. The van der Waals surface area contributed by atoms with E-state index >= 15 is 0 Å². The molecule has 0 aromatic heterocycles. The van der Waals surface area contributed by atoms with Crippen molar-refractivity contribution < 1.29 is 19.3 Å². The predicted octanol–water partition coefficient (Wildman–Crippen LogP) is 1.02. The van der Waals surface area contributed by atoms with Crippen LogP contribution in [0.1, 0.15) is 34.1 Å². The molecule has 1 N–H and O–H groups in total. The molecule has 4 heteroatoms. The smallest absolute Gasteiger partial charge is 0.192 e. The van der Waals surface area contributed by atoms with Gasteiger partial charge in [0.15, 0.2) is 11.6 Å². The molecular formula is C10H18O4. The van der Waals surface area contributed by atoms with E-state index in [1.165, 1.54) is 0 Å². The van der Waals surface area contributed by atoms with Gasteiger partial charge in [-0.1, -0.05) is 6.92 Å². The standard InChI is InChI=1S/C10H18O4/c1-5-6-7-8(10(4,11)12-6)14-9(2,3)13-7/h6-8,11H,5H2,1-4H3/t6-,7-,8-,10?/m1/s1. The highest BCUT2D eigenvalue weighted by Crippen LogP contribution is 2.43. The van der Waals surface area contributed by atoms with Gasteiger partial charge in [-0.2, -0.15) is 0 Å². The minimum Gasteiger partial charge on any atom is -0.364 e. The van der Waals surface area contributed by atoms with Crippen LogP contribution in [0.5, 0.6) is 0 Å². The van der Waals surface area contributed by atoms with Gasteiger partial charge in [-0.15, -0.1) is 0 Å². The summed E-state index contributed by atoms with van der Waals surface area (Å²) >= 11 is 0. The number of hydrogen-bond acceptors (Lipinski definition) is 4. The van der Waals surface area contributed by atoms with Crippen LogP contribution in [0.15, 0.2) is 0 Å². The Kier molecular flexibility index (Phi) is 2.16. The second-order valence-electron chi connectivity index (χ2n) is 4.64. The molecule has 0 saturated carbocycles. The van der Waals surface area contributed by atoms with Crippen LogP contribution >= 0.6 is 0 Å². The lowest BCUT2D eigenvalue weighted by molar-refractivity contribution is -0.265. The Labute approximate surface area is 84.1 Å². The van der Waals surface area contributed by atoms with Crippen molar-refractivity contribution in [3.63, 3.8) is 0 Å². The van der Waals surface area contributed by atoms with Crippen molar-refractivity contribution in [3.8, 4) is 0 Å². The molecule has 0 amide bonds. The highest BCUT2D eigenvalue weighted by atomic mass is 16.8. The van der Waals surface area contributed by atoms with Crippen LogP contribution in [0, 0.1) is 0 Å². The molecule has 2 heterocycles. The molecular weight excluding hydrogens is 184 g/mol. The van der Waals surface area contributed by atoms with E-state index < -0.39 is 11.6 Å². The first-order chi connectivity index (χ1) is 6.36. The Balaban J connectivity index is 2.21. The molecule has 0 bridgehead atoms. The molecule has 4 nitrogen and oxygen atoms in total. The number of aliphatic hydroxyl groups is 1. The van der Waals surface area contributed by atoms with E-state index in [2.05, 4.69) is 0 Å². The Morgan fingerprint density at radius 1 is 1.14 bits per heavy atom. The minimum absolute atomic E-state index is 0.0724. The lowest BCUT2D eigenvalue weighted by atomic mass is 10.1. The van der Waals surface area contributed by atoms with Gasteiger partial charge in [0.25, 0.3) is 0 Å². The summed E-state index contributed by atoms with van der Waals surface area (Å²) in [7, 11) is 0. The van der Waals surface area contributed by atoms with Crippen LogP contribution < -0.4 is 0 Å². The molecule has 0 radical (unpaired) electrons. The highest BCUT2D eigenvalue weighted by Gasteiger charge is 2.59. The fourth-order valence-corrected chi connectivity index (χ4v) is 2.23. The summed E-state index contributed by atoms with van der Waals surface area (Å²) in [5.41, 5.74) is 0. The van der Waals surface area contributed by atoms with Gasteiger partial charge < -0.3 is 19.3 Å². The second kappa shape index (κ2) is 2.92. The zero-order valence-corrected chi connectivity index (χ0v) is 9.11. The largest absolute Gasteiger partial charge is 0.364 e. The lowest BCUT2D eigenvalue weighted by Gasteiger charge is -2.26. The van der Waals surface area contributed by atoms with E-state index in [0.717, 1.165) is 6.42 Å². The summed E-state index contributed by atoms with van der Waals surface area (Å²) in [5.74, 6) is -1.84. The number of ether oxygens (including phenoxy) is 3. The number of hydrogen-bond donors (Lipinski definition) is 1. The van der Waals surface area contributed by atoms with Crippen molar-refractivity contribution in [2.75, 3.05) is 0 Å². The van der Waals surface area contributed by atoms with Gasteiger partial charge in [0.1, 0.15) is 12.2 Å². The van der Waals surface area contributed by atoms with E-state index in [0.29, 0.717) is 0 Å². The quantitative estimate of drug-likeness (QED) is 0.689. The maximum Gasteiger partial charge on any atom is 0.192 e. The molecule has 2 rings (SSSR count). The Morgan fingerprint density at radius 2 is 1.79 bits per heavy atom. The summed E-state index contributed by atoms with van der Waals surface area (Å²) < 4.78 is 16.8. The molecule has 14 heavy (non-hydrogen) atoms. The summed E-state index contributed by atoms with van der Waals surface area (Å²) in [6, 6.07) is 0. The van der Waals surface area contributed by atoms with E-state index in [4.69, 9.17) is 14.2 Å². The molecule has 0 aromatic rings. The summed E-state index contributed by atoms with van der Waals surface area (Å²) in [5, 5.41) is 9.97. The fourth-order valence-electron chi connectivity index (χ4n) is 2.23. The van der Waals surface area contributed by atoms with Gasteiger partial charge in [-0.05, 0) is 27.2 Å². The molecule has 0 aromatic carbocycles.